The number of hydrogen-bond acceptors (Lipinski definition) is 4. The summed E-state index contributed by atoms with van der Waals surface area (Å²) < 4.78 is 5.63. The van der Waals surface area contributed by atoms with Crippen LogP contribution >= 0.6 is 11.8 Å². The van der Waals surface area contributed by atoms with Crippen LogP contribution in [0.3, 0.4) is 0 Å². The normalized spacial score (nSPS) is 21.3. The van der Waals surface area contributed by atoms with E-state index in [1.165, 1.54) is 0 Å². The number of guanidine groups is 1. The molecule has 0 amide bonds. The van der Waals surface area contributed by atoms with E-state index >= 15 is 0 Å². The molecule has 1 fully saturated rings. The molecule has 0 aromatic heterocycles. The number of nitrogens with one attached hydrogen (secondary N) is 2. The molecule has 1 saturated heterocycles. The van der Waals surface area contributed by atoms with E-state index in [1.807, 2.05) is 38.1 Å². The van der Waals surface area contributed by atoms with E-state index in [0.717, 1.165) is 41.7 Å². The van der Waals surface area contributed by atoms with Crippen LogP contribution in [0, 0.1) is 0 Å². The summed E-state index contributed by atoms with van der Waals surface area (Å²) in [6, 6.07) is 7.95. The molecule has 5 nitrogen and oxygen atoms in total. The third-order valence-corrected chi connectivity index (χ3v) is 4.93. The highest BCUT2D eigenvalue weighted by atomic mass is 32.2. The molecule has 2 rings (SSSR count). The Hall–Kier alpha value is -1.40. The Balaban J connectivity index is 1.98. The number of rotatable bonds is 7. The van der Waals surface area contributed by atoms with Gasteiger partial charge in [0.25, 0.3) is 0 Å². The number of thioether (sulfide) groups is 1. The molecular formula is C17H27N3O2S. The van der Waals surface area contributed by atoms with Crippen LogP contribution in [0.4, 0.5) is 0 Å². The predicted octanol–water partition coefficient (Wildman–Crippen LogP) is 2.01. The summed E-state index contributed by atoms with van der Waals surface area (Å²) in [4.78, 5) is 4.62. The minimum atomic E-state index is -0.621. The minimum absolute atomic E-state index is 0.527. The zero-order chi connectivity index (χ0) is 16.5. The van der Waals surface area contributed by atoms with Gasteiger partial charge in [-0.15, -0.1) is 0 Å². The Bertz CT molecular complexity index is 516. The predicted molar refractivity (Wildman–Crippen MR) is 97.3 cm³/mol. The first-order valence-corrected chi connectivity index (χ1v) is 9.35. The lowest BCUT2D eigenvalue weighted by molar-refractivity contribution is 0.0724. The fourth-order valence-corrected chi connectivity index (χ4v) is 3.72. The maximum atomic E-state index is 10.4. The summed E-state index contributed by atoms with van der Waals surface area (Å²) in [5, 5.41) is 16.9. The summed E-state index contributed by atoms with van der Waals surface area (Å²) in [7, 11) is 0. The van der Waals surface area contributed by atoms with Crippen molar-refractivity contribution in [3.63, 3.8) is 0 Å². The topological polar surface area (TPSA) is 65.9 Å². The average molecular weight is 337 g/mol. The molecule has 1 aromatic rings. The van der Waals surface area contributed by atoms with Crippen molar-refractivity contribution in [1.29, 1.82) is 0 Å². The van der Waals surface area contributed by atoms with Gasteiger partial charge in [0.05, 0.1) is 18.8 Å². The van der Waals surface area contributed by atoms with Crippen LogP contribution in [-0.4, -0.2) is 47.9 Å². The summed E-state index contributed by atoms with van der Waals surface area (Å²) in [5.74, 6) is 3.41. The highest BCUT2D eigenvalue weighted by molar-refractivity contribution is 7.99. The van der Waals surface area contributed by atoms with Crippen LogP contribution in [0.1, 0.15) is 25.8 Å². The Morgan fingerprint density at radius 3 is 2.87 bits per heavy atom. The van der Waals surface area contributed by atoms with Crippen molar-refractivity contribution in [3.05, 3.63) is 29.8 Å². The molecule has 1 aromatic carbocycles. The lowest BCUT2D eigenvalue weighted by atomic mass is 10.0. The number of nitrogens with zero attached hydrogens (tertiary/aromatic N) is 1. The van der Waals surface area contributed by atoms with E-state index in [2.05, 4.69) is 15.6 Å². The number of hydrogen-bond donors (Lipinski definition) is 3. The van der Waals surface area contributed by atoms with Crippen molar-refractivity contribution in [3.8, 4) is 5.75 Å². The van der Waals surface area contributed by atoms with Gasteiger partial charge in [-0.1, -0.05) is 18.2 Å². The van der Waals surface area contributed by atoms with Crippen LogP contribution in [0.15, 0.2) is 29.3 Å². The van der Waals surface area contributed by atoms with Crippen molar-refractivity contribution >= 4 is 17.7 Å². The minimum Gasteiger partial charge on any atom is -0.494 e. The SMILES string of the molecule is CCNC(=NCc1ccccc1OCC)NCC1(O)CCSC1. The third kappa shape index (κ3) is 5.62. The van der Waals surface area contributed by atoms with Gasteiger partial charge in [0.2, 0.25) is 0 Å². The van der Waals surface area contributed by atoms with E-state index in [-0.39, 0.29) is 0 Å². The van der Waals surface area contributed by atoms with Gasteiger partial charge in [0.1, 0.15) is 5.75 Å². The number of ether oxygens (including phenoxy) is 1. The molecule has 23 heavy (non-hydrogen) atoms. The number of aliphatic imine (C=N–C) groups is 1. The summed E-state index contributed by atoms with van der Waals surface area (Å²) in [6.45, 7) is 6.50. The molecule has 3 N–H and O–H groups in total. The molecular weight excluding hydrogens is 310 g/mol. The molecule has 6 heteroatoms. The molecule has 1 aliphatic rings. The number of aliphatic hydroxyl groups is 1. The van der Waals surface area contributed by atoms with E-state index < -0.39 is 5.60 Å². The molecule has 1 atom stereocenters. The Labute approximate surface area is 142 Å². The van der Waals surface area contributed by atoms with Gasteiger partial charge in [-0.3, -0.25) is 0 Å². The van der Waals surface area contributed by atoms with Gasteiger partial charge in [-0.05, 0) is 32.1 Å². The fraction of sp³-hybridized carbons (Fsp3) is 0.588. The van der Waals surface area contributed by atoms with Crippen molar-refractivity contribution in [1.82, 2.24) is 10.6 Å². The van der Waals surface area contributed by atoms with E-state index in [1.54, 1.807) is 11.8 Å². The van der Waals surface area contributed by atoms with Gasteiger partial charge in [-0.25, -0.2) is 4.99 Å². The molecule has 1 heterocycles. The second-order valence-corrected chi connectivity index (χ2v) is 6.72. The number of benzene rings is 1. The highest BCUT2D eigenvalue weighted by Gasteiger charge is 2.31. The second-order valence-electron chi connectivity index (χ2n) is 5.62. The van der Waals surface area contributed by atoms with Crippen LogP contribution in [-0.2, 0) is 6.54 Å². The van der Waals surface area contributed by atoms with Gasteiger partial charge < -0.3 is 20.5 Å². The molecule has 1 unspecified atom stereocenters. The van der Waals surface area contributed by atoms with Crippen LogP contribution in [0.2, 0.25) is 0 Å². The van der Waals surface area contributed by atoms with E-state index in [0.29, 0.717) is 19.7 Å². The smallest absolute Gasteiger partial charge is 0.191 e. The Morgan fingerprint density at radius 2 is 2.17 bits per heavy atom. The second kappa shape index (κ2) is 9.03. The lowest BCUT2D eigenvalue weighted by Gasteiger charge is -2.23. The van der Waals surface area contributed by atoms with Gasteiger partial charge >= 0.3 is 0 Å². The average Bonchev–Trinajstić information content (AvgIpc) is 2.99. The summed E-state index contributed by atoms with van der Waals surface area (Å²) in [6.07, 6.45) is 0.831. The van der Waals surface area contributed by atoms with Gasteiger partial charge in [0, 0.05) is 24.4 Å². The van der Waals surface area contributed by atoms with Crippen LogP contribution < -0.4 is 15.4 Å². The van der Waals surface area contributed by atoms with Crippen molar-refractivity contribution in [2.75, 3.05) is 31.2 Å². The van der Waals surface area contributed by atoms with Gasteiger partial charge in [-0.2, -0.15) is 11.8 Å². The van der Waals surface area contributed by atoms with Crippen molar-refractivity contribution < 1.29 is 9.84 Å². The van der Waals surface area contributed by atoms with Crippen molar-refractivity contribution in [2.45, 2.75) is 32.4 Å². The Morgan fingerprint density at radius 1 is 1.35 bits per heavy atom. The first-order chi connectivity index (χ1) is 11.2. The molecule has 0 spiro atoms. The zero-order valence-electron chi connectivity index (χ0n) is 14.0. The largest absolute Gasteiger partial charge is 0.494 e. The zero-order valence-corrected chi connectivity index (χ0v) is 14.8. The first-order valence-electron chi connectivity index (χ1n) is 8.20. The maximum absolute atomic E-state index is 10.4. The third-order valence-electron chi connectivity index (χ3n) is 3.69. The molecule has 1 aliphatic heterocycles. The first kappa shape index (κ1) is 17.9. The quantitative estimate of drug-likeness (QED) is 0.525. The Kier molecular flexibility index (Phi) is 7.05. The lowest BCUT2D eigenvalue weighted by Crippen LogP contribution is -2.47. The van der Waals surface area contributed by atoms with E-state index in [9.17, 15) is 5.11 Å². The molecule has 0 saturated carbocycles. The maximum Gasteiger partial charge on any atom is 0.191 e. The molecule has 0 bridgehead atoms. The van der Waals surface area contributed by atoms with Gasteiger partial charge in [0.15, 0.2) is 5.96 Å². The monoisotopic (exact) mass is 337 g/mol. The summed E-state index contributed by atoms with van der Waals surface area (Å²) >= 11 is 1.80. The van der Waals surface area contributed by atoms with Crippen molar-refractivity contribution in [2.24, 2.45) is 4.99 Å². The molecule has 128 valence electrons. The highest BCUT2D eigenvalue weighted by Crippen LogP contribution is 2.26. The fourth-order valence-electron chi connectivity index (χ4n) is 2.42. The number of para-hydroxylation sites is 1. The standard InChI is InChI=1S/C17H27N3O2S/c1-3-18-16(20-12-17(21)9-10-23-13-17)19-11-14-7-5-6-8-15(14)22-4-2/h5-8,21H,3-4,9-13H2,1-2H3,(H2,18,19,20). The molecule has 0 radical (unpaired) electrons. The van der Waals surface area contributed by atoms with Crippen LogP contribution in [0.5, 0.6) is 5.75 Å². The van der Waals surface area contributed by atoms with Crippen LogP contribution in [0.25, 0.3) is 0 Å². The summed E-state index contributed by atoms with van der Waals surface area (Å²) in [5.41, 5.74) is 0.436. The van der Waals surface area contributed by atoms with E-state index in [4.69, 9.17) is 4.74 Å². The molecule has 0 aliphatic carbocycles.